The lowest BCUT2D eigenvalue weighted by atomic mass is 10.1. The van der Waals surface area contributed by atoms with Crippen LogP contribution in [0.25, 0.3) is 6.08 Å². The van der Waals surface area contributed by atoms with Crippen LogP contribution < -0.4 is 9.47 Å². The Morgan fingerprint density at radius 1 is 1.00 bits per heavy atom. The lowest BCUT2D eigenvalue weighted by molar-refractivity contribution is -0.394. The molecule has 2 aromatic carbocycles. The number of nitrogens with zero attached hydrogens (tertiary/aromatic N) is 2. The molecule has 0 amide bonds. The molecule has 0 spiro atoms. The fourth-order valence-electron chi connectivity index (χ4n) is 2.30. The Hall–Kier alpha value is -3.42. The third-order valence-electron chi connectivity index (χ3n) is 3.54. The van der Waals surface area contributed by atoms with Gasteiger partial charge in [0.2, 0.25) is 0 Å². The normalized spacial score (nSPS) is 10.6. The minimum Gasteiger partial charge on any atom is -0.497 e. The molecule has 0 aliphatic heterocycles. The molecule has 0 bridgehead atoms. The third-order valence-corrected chi connectivity index (χ3v) is 3.54. The van der Waals surface area contributed by atoms with E-state index in [4.69, 9.17) is 9.47 Å². The number of hydrogen-bond donors (Lipinski definition) is 0. The summed E-state index contributed by atoms with van der Waals surface area (Å²) >= 11 is 0. The molecule has 0 radical (unpaired) electrons. The molecule has 2 aromatic rings. The predicted molar refractivity (Wildman–Crippen MR) is 92.0 cm³/mol. The first-order valence-electron chi connectivity index (χ1n) is 7.26. The molecule has 0 saturated carbocycles. The average Bonchev–Trinajstić information content (AvgIpc) is 2.61. The summed E-state index contributed by atoms with van der Waals surface area (Å²) in [4.78, 5) is 20.6. The number of ether oxygens (including phenoxy) is 2. The molecule has 0 fully saturated rings. The second-order valence-corrected chi connectivity index (χ2v) is 5.04. The van der Waals surface area contributed by atoms with Crippen LogP contribution in [-0.4, -0.2) is 24.1 Å². The van der Waals surface area contributed by atoms with Gasteiger partial charge in [0.25, 0.3) is 11.4 Å². The highest BCUT2D eigenvalue weighted by Gasteiger charge is 2.17. The van der Waals surface area contributed by atoms with Gasteiger partial charge in [-0.3, -0.25) is 20.2 Å². The van der Waals surface area contributed by atoms with Crippen molar-refractivity contribution in [2.75, 3.05) is 14.2 Å². The lowest BCUT2D eigenvalue weighted by Crippen LogP contribution is -1.95. The van der Waals surface area contributed by atoms with E-state index in [0.717, 1.165) is 11.6 Å². The molecule has 0 N–H and O–H groups in total. The van der Waals surface area contributed by atoms with Crippen molar-refractivity contribution in [3.63, 3.8) is 0 Å². The molecule has 0 atom stereocenters. The zero-order chi connectivity index (χ0) is 18.4. The second-order valence-electron chi connectivity index (χ2n) is 5.04. The first-order valence-corrected chi connectivity index (χ1v) is 7.26. The second kappa shape index (κ2) is 7.91. The maximum atomic E-state index is 11.1. The summed E-state index contributed by atoms with van der Waals surface area (Å²) in [5, 5.41) is 21.9. The van der Waals surface area contributed by atoms with Crippen LogP contribution >= 0.6 is 0 Å². The maximum Gasteiger partial charge on any atom is 0.283 e. The van der Waals surface area contributed by atoms with E-state index in [1.54, 1.807) is 38.5 Å². The molecule has 8 heteroatoms. The first-order chi connectivity index (χ1) is 12.0. The maximum absolute atomic E-state index is 11.1. The van der Waals surface area contributed by atoms with Crippen LogP contribution in [0, 0.1) is 20.2 Å². The first kappa shape index (κ1) is 17.9. The van der Waals surface area contributed by atoms with Crippen molar-refractivity contribution in [3.8, 4) is 11.5 Å². The van der Waals surface area contributed by atoms with E-state index in [1.807, 2.05) is 6.07 Å². The number of methoxy groups -OCH3 is 2. The molecule has 2 rings (SSSR count). The molecule has 0 unspecified atom stereocenters. The van der Waals surface area contributed by atoms with E-state index < -0.39 is 9.85 Å². The fourth-order valence-corrected chi connectivity index (χ4v) is 2.30. The highest BCUT2D eigenvalue weighted by molar-refractivity contribution is 5.64. The molecule has 25 heavy (non-hydrogen) atoms. The van der Waals surface area contributed by atoms with Crippen molar-refractivity contribution >= 4 is 17.5 Å². The Balaban J connectivity index is 2.28. The minimum atomic E-state index is -0.665. The summed E-state index contributed by atoms with van der Waals surface area (Å²) in [6.07, 6.45) is 3.74. The van der Waals surface area contributed by atoms with Crippen LogP contribution in [-0.2, 0) is 6.42 Å². The highest BCUT2D eigenvalue weighted by atomic mass is 16.6. The monoisotopic (exact) mass is 344 g/mol. The van der Waals surface area contributed by atoms with Gasteiger partial charge in [-0.2, -0.15) is 0 Å². The number of nitro groups is 2. The highest BCUT2D eigenvalue weighted by Crippen LogP contribution is 2.27. The van der Waals surface area contributed by atoms with Gasteiger partial charge in [0.05, 0.1) is 35.7 Å². The molecular formula is C17H16N2O6. The molecule has 8 nitrogen and oxygen atoms in total. The predicted octanol–water partition coefficient (Wildman–Crippen LogP) is 3.78. The van der Waals surface area contributed by atoms with E-state index >= 15 is 0 Å². The Labute approximate surface area is 143 Å². The van der Waals surface area contributed by atoms with Crippen molar-refractivity contribution in [2.24, 2.45) is 0 Å². The number of non-ortho nitro benzene ring substituents is 1. The molecule has 0 heterocycles. The minimum absolute atomic E-state index is 0.289. The third kappa shape index (κ3) is 4.31. The smallest absolute Gasteiger partial charge is 0.283 e. The Kier molecular flexibility index (Phi) is 5.67. The van der Waals surface area contributed by atoms with Gasteiger partial charge in [-0.05, 0) is 30.7 Å². The molecule has 130 valence electrons. The van der Waals surface area contributed by atoms with Gasteiger partial charge in [0.1, 0.15) is 11.5 Å². The van der Waals surface area contributed by atoms with Crippen LogP contribution in [0.2, 0.25) is 0 Å². The Bertz CT molecular complexity index is 832. The van der Waals surface area contributed by atoms with E-state index in [9.17, 15) is 20.2 Å². The van der Waals surface area contributed by atoms with Gasteiger partial charge in [0.15, 0.2) is 0 Å². The van der Waals surface area contributed by atoms with Gasteiger partial charge in [0, 0.05) is 11.6 Å². The standard InChI is InChI=1S/C17H16N2O6/c1-24-15-8-9-17(25-2)13(10-15)5-3-4-12-6-7-14(18(20)21)11-16(12)19(22)23/h3-4,6-11H,5H2,1-2H3/b4-3+. The van der Waals surface area contributed by atoms with Crippen molar-refractivity contribution in [2.45, 2.75) is 6.42 Å². The Morgan fingerprint density at radius 3 is 2.36 bits per heavy atom. The van der Waals surface area contributed by atoms with E-state index in [2.05, 4.69) is 0 Å². The zero-order valence-corrected chi connectivity index (χ0v) is 13.7. The van der Waals surface area contributed by atoms with Crippen LogP contribution in [0.5, 0.6) is 11.5 Å². The molecule has 0 saturated heterocycles. The van der Waals surface area contributed by atoms with E-state index in [-0.39, 0.29) is 16.9 Å². The van der Waals surface area contributed by atoms with Crippen molar-refractivity contribution < 1.29 is 19.3 Å². The SMILES string of the molecule is COc1ccc(OC)c(C/C=C/c2ccc([N+](=O)[O-])cc2[N+](=O)[O-])c1. The summed E-state index contributed by atoms with van der Waals surface area (Å²) in [6.45, 7) is 0. The average molecular weight is 344 g/mol. The van der Waals surface area contributed by atoms with Gasteiger partial charge in [-0.25, -0.2) is 0 Å². The van der Waals surface area contributed by atoms with Gasteiger partial charge in [-0.1, -0.05) is 12.2 Å². The van der Waals surface area contributed by atoms with Crippen molar-refractivity contribution in [1.82, 2.24) is 0 Å². The molecular weight excluding hydrogens is 328 g/mol. The fraction of sp³-hybridized carbons (Fsp3) is 0.176. The van der Waals surface area contributed by atoms with E-state index in [1.165, 1.54) is 12.1 Å². The van der Waals surface area contributed by atoms with E-state index in [0.29, 0.717) is 17.9 Å². The number of hydrogen-bond acceptors (Lipinski definition) is 6. The zero-order valence-electron chi connectivity index (χ0n) is 13.7. The largest absolute Gasteiger partial charge is 0.497 e. The summed E-state index contributed by atoms with van der Waals surface area (Å²) in [6, 6.07) is 8.90. The van der Waals surface area contributed by atoms with Gasteiger partial charge >= 0.3 is 0 Å². The molecule has 0 aromatic heterocycles. The topological polar surface area (TPSA) is 105 Å². The van der Waals surface area contributed by atoms with Crippen LogP contribution in [0.4, 0.5) is 11.4 Å². The van der Waals surface area contributed by atoms with Crippen LogP contribution in [0.3, 0.4) is 0 Å². The van der Waals surface area contributed by atoms with Crippen LogP contribution in [0.15, 0.2) is 42.5 Å². The van der Waals surface area contributed by atoms with Gasteiger partial charge < -0.3 is 9.47 Å². The molecule has 0 aliphatic carbocycles. The number of benzene rings is 2. The lowest BCUT2D eigenvalue weighted by Gasteiger charge is -2.08. The number of rotatable bonds is 7. The summed E-state index contributed by atoms with van der Waals surface area (Å²) in [7, 11) is 3.11. The Morgan fingerprint density at radius 2 is 1.76 bits per heavy atom. The summed E-state index contributed by atoms with van der Waals surface area (Å²) in [5.41, 5.74) is 0.501. The molecule has 0 aliphatic rings. The van der Waals surface area contributed by atoms with Crippen molar-refractivity contribution in [3.05, 3.63) is 73.8 Å². The quantitative estimate of drug-likeness (QED) is 0.559. The summed E-state index contributed by atoms with van der Waals surface area (Å²) in [5.74, 6) is 1.34. The van der Waals surface area contributed by atoms with Crippen molar-refractivity contribution in [1.29, 1.82) is 0 Å². The van der Waals surface area contributed by atoms with Crippen LogP contribution in [0.1, 0.15) is 11.1 Å². The van der Waals surface area contributed by atoms with Gasteiger partial charge in [-0.15, -0.1) is 0 Å². The summed E-state index contributed by atoms with van der Waals surface area (Å²) < 4.78 is 10.5. The number of nitro benzene ring substituents is 2. The number of allylic oxidation sites excluding steroid dienone is 1.